The smallest absolute Gasteiger partial charge is 0.410 e. The fourth-order valence-corrected chi connectivity index (χ4v) is 9.85. The van der Waals surface area contributed by atoms with Crippen LogP contribution in [0.2, 0.25) is 51.4 Å². The molecule has 3 fully saturated rings. The molecule has 2 aliphatic heterocycles. The maximum atomic E-state index is 13.6. The largest absolute Gasteiger partial charge is 0.494 e. The van der Waals surface area contributed by atoms with E-state index in [4.69, 9.17) is 38.8 Å². The highest BCUT2D eigenvalue weighted by atomic mass is 28.3. The average Bonchev–Trinajstić information content (AvgIpc) is 3.74. The summed E-state index contributed by atoms with van der Waals surface area (Å²) in [5.41, 5.74) is 1.95. The van der Waals surface area contributed by atoms with Gasteiger partial charge < -0.3 is 38.8 Å². The van der Waals surface area contributed by atoms with Gasteiger partial charge in [0.2, 0.25) is 0 Å². The average molecular weight is 906 g/mol. The van der Waals surface area contributed by atoms with Gasteiger partial charge >= 0.3 is 12.1 Å². The number of hydrogen-bond acceptors (Lipinski definition) is 12. The number of hydrogen-bond donors (Lipinski definition) is 1. The minimum absolute atomic E-state index is 0.00764. The van der Waals surface area contributed by atoms with E-state index in [0.29, 0.717) is 49.9 Å². The van der Waals surface area contributed by atoms with E-state index in [1.807, 2.05) is 76.2 Å². The van der Waals surface area contributed by atoms with Crippen molar-refractivity contribution in [2.45, 2.75) is 173 Å². The first kappa shape index (κ1) is 48.5. The van der Waals surface area contributed by atoms with E-state index < -0.39 is 32.9 Å². The van der Waals surface area contributed by atoms with E-state index >= 15 is 0 Å². The van der Waals surface area contributed by atoms with E-state index in [2.05, 4.69) is 56.1 Å². The van der Waals surface area contributed by atoms with Crippen LogP contribution < -0.4 is 10.2 Å². The summed E-state index contributed by atoms with van der Waals surface area (Å²) < 4.78 is 32.9. The van der Waals surface area contributed by atoms with E-state index in [9.17, 15) is 9.59 Å². The van der Waals surface area contributed by atoms with Crippen LogP contribution >= 0.6 is 0 Å². The zero-order chi connectivity index (χ0) is 46.1. The number of esters is 1. The monoisotopic (exact) mass is 906 g/mol. The van der Waals surface area contributed by atoms with Crippen LogP contribution in [-0.2, 0) is 28.5 Å². The maximum Gasteiger partial charge on any atom is 0.410 e. The molecule has 63 heavy (non-hydrogen) atoms. The lowest BCUT2D eigenvalue weighted by atomic mass is 9.85. The van der Waals surface area contributed by atoms with Gasteiger partial charge in [0, 0.05) is 64.7 Å². The highest BCUT2D eigenvalue weighted by molar-refractivity contribution is 6.76. The van der Waals surface area contributed by atoms with Gasteiger partial charge in [-0.1, -0.05) is 45.9 Å². The lowest BCUT2D eigenvalue weighted by Gasteiger charge is -2.40. The second-order valence-electron chi connectivity index (χ2n) is 22.2. The molecule has 348 valence electrons. The van der Waals surface area contributed by atoms with Gasteiger partial charge in [0.1, 0.15) is 47.6 Å². The van der Waals surface area contributed by atoms with Crippen LogP contribution in [0.3, 0.4) is 0 Å². The van der Waals surface area contributed by atoms with Gasteiger partial charge in [0.05, 0.1) is 24.1 Å². The molecule has 3 aliphatic rings. The number of amides is 1. The number of nitrogens with zero attached hydrogens (tertiary/aromatic N) is 6. The molecular formula is C47H75N7O7Si2. The summed E-state index contributed by atoms with van der Waals surface area (Å²) in [7, 11) is -2.75. The van der Waals surface area contributed by atoms with E-state index in [1.54, 1.807) is 6.20 Å². The van der Waals surface area contributed by atoms with Crippen molar-refractivity contribution in [3.63, 3.8) is 0 Å². The number of rotatable bonds is 19. The molecule has 16 heteroatoms. The summed E-state index contributed by atoms with van der Waals surface area (Å²) in [5, 5.41) is 8.41. The molecule has 1 amide bonds. The highest BCUT2D eigenvalue weighted by Gasteiger charge is 2.53. The van der Waals surface area contributed by atoms with E-state index in [1.165, 1.54) is 0 Å². The predicted octanol–water partition coefficient (Wildman–Crippen LogP) is 10.2. The van der Waals surface area contributed by atoms with Crippen LogP contribution in [0.25, 0.3) is 22.5 Å². The fraction of sp³-hybridized carbons (Fsp3) is 0.681. The number of ether oxygens (including phenoxy) is 5. The molecule has 0 aromatic carbocycles. The Kier molecular flexibility index (Phi) is 14.5. The molecule has 2 unspecified atom stereocenters. The van der Waals surface area contributed by atoms with Crippen molar-refractivity contribution < 1.29 is 33.3 Å². The second kappa shape index (κ2) is 18.8. The Morgan fingerprint density at radius 3 is 1.97 bits per heavy atom. The van der Waals surface area contributed by atoms with Crippen molar-refractivity contribution in [2.75, 3.05) is 43.5 Å². The van der Waals surface area contributed by atoms with Crippen LogP contribution in [0.15, 0.2) is 31.1 Å². The summed E-state index contributed by atoms with van der Waals surface area (Å²) in [6.45, 7) is 34.2. The molecule has 1 N–H and O–H groups in total. The normalized spacial score (nSPS) is 19.8. The number of fused-ring (bicyclic) bond motifs is 3. The number of anilines is 2. The summed E-state index contributed by atoms with van der Waals surface area (Å²) in [6, 6.07) is 5.94. The highest BCUT2D eigenvalue weighted by Crippen LogP contribution is 2.47. The Morgan fingerprint density at radius 1 is 0.889 bits per heavy atom. The summed E-state index contributed by atoms with van der Waals surface area (Å²) in [4.78, 5) is 41.2. The predicted molar refractivity (Wildman–Crippen MR) is 256 cm³/mol. The van der Waals surface area contributed by atoms with Gasteiger partial charge in [-0.3, -0.25) is 0 Å². The standard InChI is InChI=1S/C47H75N7O7Si2/c1-15-59-32(2)39-40(34-26-35-17-18-36(27-34)53(35)44(56)61-46(6,7)8)50-41-37(33-16-19-38(48-28-33)51-47(20-21-47)43(55)60-45(3,4)5)29-49-54(41)42(39)52(30-57-22-24-62(9,10)11)31-58-23-25-63(12,13)14/h16,19,28-29,34-36H,2,15,17-18,20-27,30-31H2,1,3-14H3,(H,48,51). The van der Waals surface area contributed by atoms with Gasteiger partial charge in [-0.05, 0) is 111 Å². The number of nitrogens with one attached hydrogen (secondary N) is 1. The van der Waals surface area contributed by atoms with Crippen molar-refractivity contribution in [1.82, 2.24) is 24.5 Å². The van der Waals surface area contributed by atoms with Gasteiger partial charge in [0.25, 0.3) is 0 Å². The number of pyridine rings is 1. The van der Waals surface area contributed by atoms with E-state index in [0.717, 1.165) is 66.0 Å². The topological polar surface area (TPSA) is 142 Å². The van der Waals surface area contributed by atoms with Crippen molar-refractivity contribution in [3.8, 4) is 11.1 Å². The van der Waals surface area contributed by atoms with Crippen LogP contribution in [-0.4, -0.2) is 115 Å². The van der Waals surface area contributed by atoms with Crippen molar-refractivity contribution in [1.29, 1.82) is 0 Å². The Balaban J connectivity index is 1.45. The summed E-state index contributed by atoms with van der Waals surface area (Å²) >= 11 is 0. The second-order valence-corrected chi connectivity index (χ2v) is 33.4. The molecule has 0 spiro atoms. The number of carbonyl (C=O) groups excluding carboxylic acids is 2. The zero-order valence-corrected chi connectivity index (χ0v) is 42.5. The lowest BCUT2D eigenvalue weighted by molar-refractivity contribution is -0.156. The van der Waals surface area contributed by atoms with Gasteiger partial charge in [0.15, 0.2) is 5.65 Å². The van der Waals surface area contributed by atoms with Crippen molar-refractivity contribution in [3.05, 3.63) is 42.4 Å². The van der Waals surface area contributed by atoms with E-state index in [-0.39, 0.29) is 43.5 Å². The fourth-order valence-electron chi connectivity index (χ4n) is 8.33. The number of carbonyl (C=O) groups is 2. The maximum absolute atomic E-state index is 13.6. The lowest BCUT2D eigenvalue weighted by Crippen LogP contribution is -2.48. The molecular weight excluding hydrogens is 831 g/mol. The molecule has 3 aromatic heterocycles. The molecule has 14 nitrogen and oxygen atoms in total. The van der Waals surface area contributed by atoms with Crippen LogP contribution in [0.1, 0.15) is 104 Å². The molecule has 5 heterocycles. The molecule has 2 bridgehead atoms. The first-order valence-corrected chi connectivity index (χ1v) is 30.4. The first-order valence-electron chi connectivity index (χ1n) is 23.0. The zero-order valence-electron chi connectivity index (χ0n) is 40.5. The summed E-state index contributed by atoms with van der Waals surface area (Å²) in [5.74, 6) is 1.55. The van der Waals surface area contributed by atoms with Crippen LogP contribution in [0, 0.1) is 0 Å². The molecule has 2 saturated heterocycles. The first-order chi connectivity index (χ1) is 29.4. The molecule has 3 aromatic rings. The number of aromatic nitrogens is 4. The van der Waals surface area contributed by atoms with Gasteiger partial charge in [-0.25, -0.2) is 19.6 Å². The third kappa shape index (κ3) is 12.4. The van der Waals surface area contributed by atoms with Crippen LogP contribution in [0.5, 0.6) is 0 Å². The molecule has 0 radical (unpaired) electrons. The van der Waals surface area contributed by atoms with Crippen molar-refractivity contribution in [2.24, 2.45) is 0 Å². The third-order valence-electron chi connectivity index (χ3n) is 11.7. The Labute approximate surface area is 377 Å². The molecule has 2 atom stereocenters. The SMILES string of the molecule is C=C(OCC)c1c(C2CC3CCC(C2)N3C(=O)OC(C)(C)C)nc2c(-c3ccc(NC4(C(=O)OC(C)(C)C)CC4)nc3)cnn2c1N(COCC[Si](C)(C)C)COCC[Si](C)(C)C. The number of piperidine rings is 1. The Hall–Kier alpha value is -4.00. The van der Waals surface area contributed by atoms with Crippen LogP contribution in [0.4, 0.5) is 16.4 Å². The quantitative estimate of drug-likeness (QED) is 0.0402. The molecule has 1 saturated carbocycles. The third-order valence-corrected chi connectivity index (χ3v) is 15.1. The summed E-state index contributed by atoms with van der Waals surface area (Å²) in [6.07, 6.45) is 7.98. The van der Waals surface area contributed by atoms with Crippen molar-refractivity contribution >= 4 is 51.3 Å². The Bertz CT molecular complexity index is 2060. The van der Waals surface area contributed by atoms with Gasteiger partial charge in [-0.15, -0.1) is 0 Å². The van der Waals surface area contributed by atoms with Gasteiger partial charge in [-0.2, -0.15) is 9.61 Å². The Morgan fingerprint density at radius 2 is 1.48 bits per heavy atom. The molecule has 6 rings (SSSR count). The minimum atomic E-state index is -1.38. The molecule has 1 aliphatic carbocycles. The minimum Gasteiger partial charge on any atom is -0.494 e.